The summed E-state index contributed by atoms with van der Waals surface area (Å²) in [5, 5.41) is 3.35. The molecule has 0 radical (unpaired) electrons. The summed E-state index contributed by atoms with van der Waals surface area (Å²) in [4.78, 5) is 13.9. The molecule has 0 saturated heterocycles. The van der Waals surface area contributed by atoms with Crippen LogP contribution in [0.25, 0.3) is 0 Å². The standard InChI is InChI=1S/C13H26N2O2/c1-5-10(2)15(3)9-8-12(13(16)17-4)14-11-6-7-11/h10-12,14H,5-9H2,1-4H3. The second-order valence-electron chi connectivity index (χ2n) is 5.04. The second kappa shape index (κ2) is 6.97. The number of carbonyl (C=O) groups excluding carboxylic acids is 1. The summed E-state index contributed by atoms with van der Waals surface area (Å²) in [6, 6.07) is 0.959. The molecule has 0 spiro atoms. The highest BCUT2D eigenvalue weighted by molar-refractivity contribution is 5.75. The number of methoxy groups -OCH3 is 1. The Bertz CT molecular complexity index is 242. The molecule has 1 rings (SSSR count). The first-order chi connectivity index (χ1) is 8.08. The fourth-order valence-corrected chi connectivity index (χ4v) is 1.81. The number of carbonyl (C=O) groups is 1. The minimum atomic E-state index is -0.140. The first kappa shape index (κ1) is 14.5. The van der Waals surface area contributed by atoms with Crippen LogP contribution in [-0.4, -0.2) is 49.7 Å². The lowest BCUT2D eigenvalue weighted by molar-refractivity contribution is -0.143. The van der Waals surface area contributed by atoms with Crippen molar-refractivity contribution in [1.29, 1.82) is 0 Å². The molecule has 1 fully saturated rings. The van der Waals surface area contributed by atoms with Crippen molar-refractivity contribution < 1.29 is 9.53 Å². The Morgan fingerprint density at radius 1 is 1.53 bits per heavy atom. The van der Waals surface area contributed by atoms with Gasteiger partial charge in [0.2, 0.25) is 0 Å². The van der Waals surface area contributed by atoms with Gasteiger partial charge in [0.15, 0.2) is 0 Å². The summed E-state index contributed by atoms with van der Waals surface area (Å²) < 4.78 is 4.84. The average Bonchev–Trinajstić information content (AvgIpc) is 3.15. The summed E-state index contributed by atoms with van der Waals surface area (Å²) in [5.41, 5.74) is 0. The first-order valence-electron chi connectivity index (χ1n) is 6.62. The molecule has 0 amide bonds. The number of ether oxygens (including phenoxy) is 1. The lowest BCUT2D eigenvalue weighted by Crippen LogP contribution is -2.42. The molecule has 17 heavy (non-hydrogen) atoms. The molecule has 0 aliphatic heterocycles. The van der Waals surface area contributed by atoms with Gasteiger partial charge in [0.1, 0.15) is 6.04 Å². The Morgan fingerprint density at radius 3 is 2.65 bits per heavy atom. The Morgan fingerprint density at radius 2 is 2.18 bits per heavy atom. The normalized spacial score (nSPS) is 19.1. The minimum absolute atomic E-state index is 0.130. The van der Waals surface area contributed by atoms with E-state index in [9.17, 15) is 4.79 Å². The SMILES string of the molecule is CCC(C)N(C)CCC(NC1CC1)C(=O)OC. The summed E-state index contributed by atoms with van der Waals surface area (Å²) in [5.74, 6) is -0.130. The van der Waals surface area contributed by atoms with Gasteiger partial charge in [0.25, 0.3) is 0 Å². The highest BCUT2D eigenvalue weighted by Crippen LogP contribution is 2.20. The predicted octanol–water partition coefficient (Wildman–Crippen LogP) is 1.40. The number of hydrogen-bond acceptors (Lipinski definition) is 4. The number of rotatable bonds is 8. The zero-order valence-electron chi connectivity index (χ0n) is 11.5. The van der Waals surface area contributed by atoms with E-state index in [0.717, 1.165) is 19.4 Å². The largest absolute Gasteiger partial charge is 0.468 e. The lowest BCUT2D eigenvalue weighted by atomic mass is 10.1. The monoisotopic (exact) mass is 242 g/mol. The Hall–Kier alpha value is -0.610. The Labute approximate surface area is 105 Å². The molecule has 4 heteroatoms. The first-order valence-corrected chi connectivity index (χ1v) is 6.62. The van der Waals surface area contributed by atoms with E-state index >= 15 is 0 Å². The van der Waals surface area contributed by atoms with E-state index in [1.807, 2.05) is 0 Å². The van der Waals surface area contributed by atoms with Gasteiger partial charge in [0.05, 0.1) is 7.11 Å². The molecule has 4 nitrogen and oxygen atoms in total. The molecule has 1 N–H and O–H groups in total. The van der Waals surface area contributed by atoms with Crippen molar-refractivity contribution in [3.05, 3.63) is 0 Å². The average molecular weight is 242 g/mol. The summed E-state index contributed by atoms with van der Waals surface area (Å²) in [6.45, 7) is 5.32. The van der Waals surface area contributed by atoms with E-state index in [1.54, 1.807) is 0 Å². The molecule has 0 aromatic heterocycles. The number of hydrogen-bond donors (Lipinski definition) is 1. The van der Waals surface area contributed by atoms with Crippen molar-refractivity contribution in [3.63, 3.8) is 0 Å². The molecule has 100 valence electrons. The van der Waals surface area contributed by atoms with Gasteiger partial charge in [-0.25, -0.2) is 0 Å². The van der Waals surface area contributed by atoms with Gasteiger partial charge in [0, 0.05) is 18.6 Å². The van der Waals surface area contributed by atoms with Gasteiger partial charge >= 0.3 is 5.97 Å². The van der Waals surface area contributed by atoms with E-state index in [-0.39, 0.29) is 12.0 Å². The highest BCUT2D eigenvalue weighted by atomic mass is 16.5. The third-order valence-corrected chi connectivity index (χ3v) is 3.61. The van der Waals surface area contributed by atoms with Crippen LogP contribution in [0.15, 0.2) is 0 Å². The van der Waals surface area contributed by atoms with Gasteiger partial charge < -0.3 is 15.0 Å². The maximum absolute atomic E-state index is 11.6. The van der Waals surface area contributed by atoms with Crippen molar-refractivity contribution >= 4 is 5.97 Å². The van der Waals surface area contributed by atoms with Gasteiger partial charge in [-0.1, -0.05) is 6.92 Å². The van der Waals surface area contributed by atoms with Crippen molar-refractivity contribution in [2.75, 3.05) is 20.7 Å². The van der Waals surface area contributed by atoms with Crippen LogP contribution in [0, 0.1) is 0 Å². The van der Waals surface area contributed by atoms with Crippen LogP contribution in [0.3, 0.4) is 0 Å². The van der Waals surface area contributed by atoms with E-state index in [4.69, 9.17) is 4.74 Å². The highest BCUT2D eigenvalue weighted by Gasteiger charge is 2.29. The molecule has 1 saturated carbocycles. The summed E-state index contributed by atoms with van der Waals surface area (Å²) in [6.07, 6.45) is 4.34. The third-order valence-electron chi connectivity index (χ3n) is 3.61. The lowest BCUT2D eigenvalue weighted by Gasteiger charge is -2.25. The van der Waals surface area contributed by atoms with Crippen LogP contribution in [0.4, 0.5) is 0 Å². The molecule has 0 aromatic rings. The Kier molecular flexibility index (Phi) is 5.92. The molecule has 1 aliphatic rings. The third kappa shape index (κ3) is 5.04. The fourth-order valence-electron chi connectivity index (χ4n) is 1.81. The summed E-state index contributed by atoms with van der Waals surface area (Å²) >= 11 is 0. The molecule has 1 aliphatic carbocycles. The van der Waals surface area contributed by atoms with Crippen molar-refractivity contribution in [1.82, 2.24) is 10.2 Å². The van der Waals surface area contributed by atoms with Gasteiger partial charge in [-0.3, -0.25) is 4.79 Å². The van der Waals surface area contributed by atoms with Crippen LogP contribution >= 0.6 is 0 Å². The van der Waals surface area contributed by atoms with E-state index in [1.165, 1.54) is 20.0 Å². The van der Waals surface area contributed by atoms with E-state index in [0.29, 0.717) is 12.1 Å². The molecular formula is C13H26N2O2. The van der Waals surface area contributed by atoms with Crippen molar-refractivity contribution in [2.24, 2.45) is 0 Å². The number of nitrogens with zero attached hydrogens (tertiary/aromatic N) is 1. The molecular weight excluding hydrogens is 216 g/mol. The van der Waals surface area contributed by atoms with Crippen LogP contribution in [0.5, 0.6) is 0 Å². The predicted molar refractivity (Wildman–Crippen MR) is 69.0 cm³/mol. The maximum Gasteiger partial charge on any atom is 0.322 e. The van der Waals surface area contributed by atoms with Crippen molar-refractivity contribution in [2.45, 2.75) is 57.7 Å². The molecule has 0 bridgehead atoms. The van der Waals surface area contributed by atoms with Crippen LogP contribution in [0.1, 0.15) is 39.5 Å². The topological polar surface area (TPSA) is 41.6 Å². The molecule has 0 heterocycles. The van der Waals surface area contributed by atoms with Crippen LogP contribution < -0.4 is 5.32 Å². The van der Waals surface area contributed by atoms with Crippen LogP contribution in [-0.2, 0) is 9.53 Å². The van der Waals surface area contributed by atoms with Crippen molar-refractivity contribution in [3.8, 4) is 0 Å². The molecule has 0 aromatic carbocycles. The Balaban J connectivity index is 2.34. The van der Waals surface area contributed by atoms with E-state index < -0.39 is 0 Å². The second-order valence-corrected chi connectivity index (χ2v) is 5.04. The van der Waals surface area contributed by atoms with Crippen LogP contribution in [0.2, 0.25) is 0 Å². The fraction of sp³-hybridized carbons (Fsp3) is 0.923. The summed E-state index contributed by atoms with van der Waals surface area (Å²) in [7, 11) is 3.57. The smallest absolute Gasteiger partial charge is 0.322 e. The van der Waals surface area contributed by atoms with Gasteiger partial charge in [-0.05, 0) is 39.7 Å². The van der Waals surface area contributed by atoms with Gasteiger partial charge in [-0.15, -0.1) is 0 Å². The molecule has 2 unspecified atom stereocenters. The quantitative estimate of drug-likeness (QED) is 0.653. The van der Waals surface area contributed by atoms with Gasteiger partial charge in [-0.2, -0.15) is 0 Å². The maximum atomic E-state index is 11.6. The minimum Gasteiger partial charge on any atom is -0.468 e. The molecule has 2 atom stereocenters. The number of nitrogens with one attached hydrogen (secondary N) is 1. The zero-order chi connectivity index (χ0) is 12.8. The number of esters is 1. The van der Waals surface area contributed by atoms with E-state index in [2.05, 4.69) is 31.1 Å². The zero-order valence-corrected chi connectivity index (χ0v) is 11.5.